The quantitative estimate of drug-likeness (QED) is 0.168. The maximum Gasteiger partial charge on any atom is 0.397 e. The number of likely N-dealkylation sites (N-methyl/N-ethyl adjacent to an activating group) is 7. The minimum atomic E-state index is -5.22. The summed E-state index contributed by atoms with van der Waals surface area (Å²) in [6, 6.07) is -11.3. The first-order valence-corrected chi connectivity index (χ1v) is 38.8. The van der Waals surface area contributed by atoms with Gasteiger partial charge in [0.2, 0.25) is 70.9 Å². The minimum Gasteiger partial charge on any atom is -0.377 e. The van der Waals surface area contributed by atoms with Crippen LogP contribution in [-0.2, 0) is 62.3 Å². The third-order valence-electron chi connectivity index (χ3n) is 24.3. The highest BCUT2D eigenvalue weighted by atomic mass is 19.4. The van der Waals surface area contributed by atoms with E-state index in [2.05, 4.69) is 16.0 Å². The lowest BCUT2D eigenvalue weighted by molar-refractivity contribution is -0.219. The van der Waals surface area contributed by atoms with Gasteiger partial charge in [-0.1, -0.05) is 53.9 Å². The van der Waals surface area contributed by atoms with Crippen molar-refractivity contribution in [1.29, 1.82) is 0 Å². The van der Waals surface area contributed by atoms with Gasteiger partial charge in [0, 0.05) is 82.5 Å². The van der Waals surface area contributed by atoms with Crippen LogP contribution in [0.3, 0.4) is 0 Å². The number of hydrogen-bond donors (Lipinski definition) is 3. The molecule has 4 aliphatic carbocycles. The van der Waals surface area contributed by atoms with Crippen LogP contribution < -0.4 is 16.0 Å². The van der Waals surface area contributed by atoms with Crippen molar-refractivity contribution in [2.45, 2.75) is 267 Å². The fraction of sp³-hybridized carbons (Fsp3) is 0.840. The summed E-state index contributed by atoms with van der Waals surface area (Å²) >= 11 is 0. The van der Waals surface area contributed by atoms with Crippen LogP contribution in [0.4, 0.5) is 35.1 Å². The van der Waals surface area contributed by atoms with E-state index in [0.29, 0.717) is 38.5 Å². The molecule has 33 heteroatoms. The van der Waals surface area contributed by atoms with Crippen molar-refractivity contribution in [3.05, 3.63) is 0 Å². The number of nitrogens with one attached hydrogen (secondary N) is 3. The lowest BCUT2D eigenvalue weighted by Gasteiger charge is -2.46. The molecule has 3 saturated heterocycles. The van der Waals surface area contributed by atoms with Gasteiger partial charge in [-0.15, -0.1) is 0 Å². The Balaban J connectivity index is 1.32. The van der Waals surface area contributed by atoms with E-state index in [9.17, 15) is 55.1 Å². The molecule has 2 bridgehead atoms. The number of amides is 12. The van der Waals surface area contributed by atoms with Crippen molar-refractivity contribution < 1.29 is 97.4 Å². The van der Waals surface area contributed by atoms with Gasteiger partial charge in [0.1, 0.15) is 72.1 Å². The Morgan fingerprint density at radius 2 is 1.23 bits per heavy atom. The normalized spacial score (nSPS) is 32.4. The maximum absolute atomic E-state index is 15.5. The third kappa shape index (κ3) is 21.2. The van der Waals surface area contributed by atoms with Gasteiger partial charge in [-0.25, -0.2) is 8.78 Å². The molecule has 13 atom stereocenters. The Labute approximate surface area is 630 Å². The lowest BCUT2D eigenvalue weighted by atomic mass is 9.74. The van der Waals surface area contributed by atoms with Crippen LogP contribution in [0.2, 0.25) is 0 Å². The Hall–Kier alpha value is -6.96. The molecule has 2 unspecified atom stereocenters. The summed E-state index contributed by atoms with van der Waals surface area (Å²) < 4.78 is 121. The highest BCUT2D eigenvalue weighted by molar-refractivity contribution is 6.01. The average Bonchev–Trinajstić information content (AvgIpc) is 1.17. The van der Waals surface area contributed by atoms with Crippen molar-refractivity contribution in [1.82, 2.24) is 60.0 Å². The number of halogens is 8. The first kappa shape index (κ1) is 88.3. The zero-order chi connectivity index (χ0) is 80.5. The number of nitrogens with zero attached hydrogens (tertiary/aromatic N) is 9. The summed E-state index contributed by atoms with van der Waals surface area (Å²) in [5.41, 5.74) is -1.69. The molecular weight excluding hydrogens is 1430 g/mol. The Morgan fingerprint density at radius 3 is 1.78 bits per heavy atom. The molecule has 7 aliphatic rings. The van der Waals surface area contributed by atoms with Crippen LogP contribution >= 0.6 is 0 Å². The molecule has 7 rings (SSSR count). The molecule has 1 spiro atoms. The number of carbonyl (C=O) groups excluding carboxylic acids is 12. The smallest absolute Gasteiger partial charge is 0.377 e. The van der Waals surface area contributed by atoms with E-state index in [4.69, 9.17) is 4.74 Å². The number of ether oxygens (including phenoxy) is 1. The summed E-state index contributed by atoms with van der Waals surface area (Å²) in [7, 11) is 10.9. The molecule has 3 heterocycles. The molecule has 25 nitrogen and oxygen atoms in total. The first-order valence-electron chi connectivity index (χ1n) is 38.8. The first-order chi connectivity index (χ1) is 50.5. The van der Waals surface area contributed by atoms with E-state index in [0.717, 1.165) is 29.4 Å². The monoisotopic (exact) mass is 1550 g/mol. The van der Waals surface area contributed by atoms with E-state index >= 15 is 37.5 Å². The number of alkyl halides is 8. The number of hydrogen-bond acceptors (Lipinski definition) is 13. The predicted molar refractivity (Wildman–Crippen MR) is 381 cm³/mol. The van der Waals surface area contributed by atoms with Crippen molar-refractivity contribution in [2.75, 3.05) is 89.2 Å². The van der Waals surface area contributed by atoms with Crippen LogP contribution in [0.1, 0.15) is 183 Å². The van der Waals surface area contributed by atoms with Gasteiger partial charge in [0.25, 0.3) is 0 Å². The molecule has 0 aromatic carbocycles. The highest BCUT2D eigenvalue weighted by Gasteiger charge is 2.56. The number of fused-ring (bicyclic) bond motifs is 3. The number of carbonyl (C=O) groups is 12. The topological polar surface area (TPSA) is 279 Å². The van der Waals surface area contributed by atoms with Gasteiger partial charge >= 0.3 is 12.4 Å². The largest absolute Gasteiger partial charge is 0.397 e. The third-order valence-corrected chi connectivity index (χ3v) is 24.3. The fourth-order valence-corrected chi connectivity index (χ4v) is 17.3. The molecule has 4 saturated carbocycles. The van der Waals surface area contributed by atoms with Crippen molar-refractivity contribution >= 4 is 70.9 Å². The van der Waals surface area contributed by atoms with Gasteiger partial charge in [0.15, 0.2) is 0 Å². The van der Waals surface area contributed by atoms with Gasteiger partial charge in [-0.05, 0) is 152 Å². The zero-order valence-electron chi connectivity index (χ0n) is 65.4. The second-order valence-electron chi connectivity index (χ2n) is 32.8. The van der Waals surface area contributed by atoms with E-state index in [1.165, 1.54) is 71.1 Å². The van der Waals surface area contributed by atoms with Crippen molar-refractivity contribution in [3.63, 3.8) is 0 Å². The predicted octanol–water partition coefficient (Wildman–Crippen LogP) is 6.43. The van der Waals surface area contributed by atoms with Crippen molar-refractivity contribution in [3.8, 4) is 0 Å². The second kappa shape index (κ2) is 37.4. The molecule has 7 fully saturated rings. The van der Waals surface area contributed by atoms with Gasteiger partial charge in [0.05, 0.1) is 31.5 Å². The van der Waals surface area contributed by atoms with Gasteiger partial charge in [-0.2, -0.15) is 26.3 Å². The standard InChI is InChI=1S/C75H118F8N12O13/c1-15-44(6)62-70(105)89(10)41-60(98)91(12)55-33-43(5)28-31-94(69(55)104)57(36-45-22-25-48(26-23-45)74(78,79)80)68(103)88(9)40-58(96)84-52(27-24-46-34-50(76)61(51(77)35-46)75(81,82)83)66(101)95-39-49(108-16-2)37-54(95)65(100)86-73(29-19-30-73)72(107)93(14)63(47-20-17-18-21-47)71(106)92(13)56(67(102)87(7)8)38-59(97)90(11)53(32-42(3)4)64(99)85-62/h42-57,61-63H,15-41H2,1-14H3,(H,84,96)(H,85,99)(H,86,100)/t43-,44-,45?,46?,48?,49+,50?,51?,52-,53-,54-,55-,56-,57-,61?,62-,63-/m0/s1. The molecule has 108 heavy (non-hydrogen) atoms. The molecule has 612 valence electrons. The molecule has 0 aromatic rings. The Bertz CT molecular complexity index is 3190. The summed E-state index contributed by atoms with van der Waals surface area (Å²) in [6.07, 6.45) is -16.2. The van der Waals surface area contributed by atoms with E-state index < -0.39 is 230 Å². The van der Waals surface area contributed by atoms with E-state index in [-0.39, 0.29) is 109 Å². The average molecular weight is 1550 g/mol. The lowest BCUT2D eigenvalue weighted by Crippen LogP contribution is -2.68. The molecule has 3 N–H and O–H groups in total. The fourth-order valence-electron chi connectivity index (χ4n) is 17.3. The summed E-state index contributed by atoms with van der Waals surface area (Å²) in [6.45, 7) is 8.81. The SMILES string of the molecule is CCO[C@@H]1C[C@H]2C(=O)NC3(CCC3)C(=O)N(C)[C@@H](C3CCCC3)C(=O)N(C)[C@H](C(=O)N(C)C)CC(=O)N(C)[C@@H](CC(C)C)C(=O)N[C@@H]([C@@H](C)CC)C(=O)N(C)CC(=O)N(C)[C@H]3C[C@@H](C)CCN(C3=O)[C@@H](CC3CCC(C(F)(F)F)CC3)C(=O)N(C)CC(=O)N[C@@H](CCC3CC(F)C(C(F)(F)F)C(F)C3)C(=O)N2C1. The van der Waals surface area contributed by atoms with Crippen molar-refractivity contribution in [2.24, 2.45) is 47.3 Å². The van der Waals surface area contributed by atoms with E-state index in [1.807, 2.05) is 20.8 Å². The molecule has 3 aliphatic heterocycles. The van der Waals surface area contributed by atoms with Gasteiger partial charge < -0.3 is 64.8 Å². The van der Waals surface area contributed by atoms with E-state index in [1.54, 1.807) is 20.8 Å². The Morgan fingerprint density at radius 1 is 0.620 bits per heavy atom. The zero-order valence-corrected chi connectivity index (χ0v) is 65.4. The molecule has 0 radical (unpaired) electrons. The van der Waals surface area contributed by atoms with Gasteiger partial charge in [-0.3, -0.25) is 57.5 Å². The summed E-state index contributed by atoms with van der Waals surface area (Å²) in [5, 5.41) is 8.42. The highest BCUT2D eigenvalue weighted by Crippen LogP contribution is 2.46. The summed E-state index contributed by atoms with van der Waals surface area (Å²) in [5.74, 6) is -17.2. The van der Waals surface area contributed by atoms with Crippen LogP contribution in [0.15, 0.2) is 0 Å². The summed E-state index contributed by atoms with van der Waals surface area (Å²) in [4.78, 5) is 192. The molecule has 0 aromatic heterocycles. The Kier molecular flexibility index (Phi) is 30.5. The molecular formula is C75H118F8N12O13. The van der Waals surface area contributed by atoms with Crippen LogP contribution in [-0.4, -0.2) is 289 Å². The van der Waals surface area contributed by atoms with Crippen LogP contribution in [0, 0.1) is 47.3 Å². The number of rotatable bonds is 13. The molecule has 12 amide bonds. The minimum absolute atomic E-state index is 0.00534. The second-order valence-corrected chi connectivity index (χ2v) is 32.8. The van der Waals surface area contributed by atoms with Crippen LogP contribution in [0.25, 0.3) is 0 Å². The maximum atomic E-state index is 15.5. The van der Waals surface area contributed by atoms with Crippen LogP contribution in [0.5, 0.6) is 0 Å².